The van der Waals surface area contributed by atoms with Crippen LogP contribution in [-0.2, 0) is 12.7 Å². The molecule has 2 nitrogen and oxygen atoms in total. The molecular formula is C15H13ClF3NO. The number of nitrogens with one attached hydrogen (secondary N) is 1. The summed E-state index contributed by atoms with van der Waals surface area (Å²) in [7, 11) is 1.60. The van der Waals surface area contributed by atoms with Crippen molar-refractivity contribution < 1.29 is 17.9 Å². The van der Waals surface area contributed by atoms with Crippen LogP contribution >= 0.6 is 11.6 Å². The second kappa shape index (κ2) is 6.37. The Balaban J connectivity index is 2.31. The molecule has 0 saturated carbocycles. The Kier molecular flexibility index (Phi) is 4.75. The average Bonchev–Trinajstić information content (AvgIpc) is 2.42. The van der Waals surface area contributed by atoms with Crippen LogP contribution in [0.15, 0.2) is 42.5 Å². The van der Waals surface area contributed by atoms with Crippen molar-refractivity contribution in [3.05, 3.63) is 58.6 Å². The Bertz CT molecular complexity index is 611. The van der Waals surface area contributed by atoms with Crippen molar-refractivity contribution in [1.82, 2.24) is 5.32 Å². The highest BCUT2D eigenvalue weighted by atomic mass is 35.5. The normalized spacial score (nSPS) is 11.5. The maximum absolute atomic E-state index is 13.0. The van der Waals surface area contributed by atoms with Gasteiger partial charge in [0, 0.05) is 11.6 Å². The molecule has 0 aliphatic rings. The topological polar surface area (TPSA) is 21.3 Å². The van der Waals surface area contributed by atoms with Crippen molar-refractivity contribution in [2.75, 3.05) is 7.05 Å². The van der Waals surface area contributed by atoms with Gasteiger partial charge in [0.15, 0.2) is 0 Å². The first kappa shape index (κ1) is 15.7. The third-order valence-corrected chi connectivity index (χ3v) is 3.06. The van der Waals surface area contributed by atoms with E-state index in [-0.39, 0.29) is 17.9 Å². The summed E-state index contributed by atoms with van der Waals surface area (Å²) in [4.78, 5) is 0. The molecule has 0 aromatic heterocycles. The molecule has 0 aliphatic carbocycles. The molecule has 0 spiro atoms. The summed E-state index contributed by atoms with van der Waals surface area (Å²) in [6.45, 7) is 0.135. The molecule has 6 heteroatoms. The van der Waals surface area contributed by atoms with E-state index < -0.39 is 11.7 Å². The fraction of sp³-hybridized carbons (Fsp3) is 0.200. The second-order valence-corrected chi connectivity index (χ2v) is 4.84. The van der Waals surface area contributed by atoms with Gasteiger partial charge in [-0.1, -0.05) is 17.7 Å². The number of halogens is 4. The number of ether oxygens (including phenoxy) is 1. The summed E-state index contributed by atoms with van der Waals surface area (Å²) in [6.07, 6.45) is -4.43. The van der Waals surface area contributed by atoms with Crippen LogP contribution in [0.4, 0.5) is 13.2 Å². The Morgan fingerprint density at radius 2 is 1.67 bits per heavy atom. The maximum atomic E-state index is 13.0. The lowest BCUT2D eigenvalue weighted by Crippen LogP contribution is -2.14. The molecule has 2 aromatic rings. The van der Waals surface area contributed by atoms with Crippen molar-refractivity contribution in [1.29, 1.82) is 0 Å². The summed E-state index contributed by atoms with van der Waals surface area (Å²) in [5.74, 6) is 0.554. The van der Waals surface area contributed by atoms with Crippen molar-refractivity contribution in [3.8, 4) is 11.5 Å². The molecule has 2 rings (SSSR count). The molecule has 0 fully saturated rings. The van der Waals surface area contributed by atoms with E-state index in [2.05, 4.69) is 5.32 Å². The molecule has 2 aromatic carbocycles. The second-order valence-electron chi connectivity index (χ2n) is 4.40. The predicted octanol–water partition coefficient (Wildman–Crippen LogP) is 4.87. The quantitative estimate of drug-likeness (QED) is 0.869. The fourth-order valence-corrected chi connectivity index (χ4v) is 1.99. The van der Waals surface area contributed by atoms with Gasteiger partial charge in [-0.3, -0.25) is 0 Å². The minimum atomic E-state index is -4.43. The molecule has 21 heavy (non-hydrogen) atoms. The number of alkyl halides is 3. The first-order chi connectivity index (χ1) is 9.90. The maximum Gasteiger partial charge on any atom is 0.416 e. The molecule has 0 heterocycles. The van der Waals surface area contributed by atoms with Crippen LogP contribution in [0.2, 0.25) is 5.02 Å². The highest BCUT2D eigenvalue weighted by Gasteiger charge is 2.33. The third-order valence-electron chi connectivity index (χ3n) is 2.80. The number of rotatable bonds is 4. The van der Waals surface area contributed by atoms with E-state index in [1.165, 1.54) is 12.1 Å². The predicted molar refractivity (Wildman–Crippen MR) is 75.7 cm³/mol. The van der Waals surface area contributed by atoms with Gasteiger partial charge in [-0.2, -0.15) is 13.2 Å². The summed E-state index contributed by atoms with van der Waals surface area (Å²) < 4.78 is 44.6. The Morgan fingerprint density at radius 3 is 2.24 bits per heavy atom. The lowest BCUT2D eigenvalue weighted by molar-refractivity contribution is -0.138. The largest absolute Gasteiger partial charge is 0.457 e. The van der Waals surface area contributed by atoms with Gasteiger partial charge in [0.1, 0.15) is 11.5 Å². The molecule has 112 valence electrons. The third kappa shape index (κ3) is 4.12. The van der Waals surface area contributed by atoms with Crippen LogP contribution in [0.5, 0.6) is 11.5 Å². The van der Waals surface area contributed by atoms with Gasteiger partial charge in [0.05, 0.1) is 5.56 Å². The van der Waals surface area contributed by atoms with Gasteiger partial charge in [0.2, 0.25) is 0 Å². The Morgan fingerprint density at radius 1 is 1.05 bits per heavy atom. The van der Waals surface area contributed by atoms with Crippen LogP contribution in [0, 0.1) is 0 Å². The number of hydrogen-bond donors (Lipinski definition) is 1. The standard InChI is InChI=1S/C15H13ClF3NO/c1-20-9-10-2-5-13(8-14(10)15(17,18)19)21-12-6-3-11(16)4-7-12/h2-8,20H,9H2,1H3. The van der Waals surface area contributed by atoms with Gasteiger partial charge < -0.3 is 10.1 Å². The molecule has 1 N–H and O–H groups in total. The molecular weight excluding hydrogens is 303 g/mol. The summed E-state index contributed by atoms with van der Waals surface area (Å²) in [5, 5.41) is 3.25. The molecule has 0 saturated heterocycles. The molecule has 0 atom stereocenters. The molecule has 0 amide bonds. The van der Waals surface area contributed by atoms with Crippen molar-refractivity contribution in [3.63, 3.8) is 0 Å². The van der Waals surface area contributed by atoms with E-state index in [0.29, 0.717) is 10.8 Å². The number of benzene rings is 2. The van der Waals surface area contributed by atoms with Gasteiger partial charge in [0.25, 0.3) is 0 Å². The summed E-state index contributed by atoms with van der Waals surface area (Å²) in [5.41, 5.74) is -0.531. The van der Waals surface area contributed by atoms with Gasteiger partial charge in [-0.05, 0) is 49.0 Å². The van der Waals surface area contributed by atoms with E-state index in [0.717, 1.165) is 6.07 Å². The average molecular weight is 316 g/mol. The minimum absolute atomic E-state index is 0.129. The highest BCUT2D eigenvalue weighted by molar-refractivity contribution is 6.30. The zero-order valence-electron chi connectivity index (χ0n) is 11.2. The van der Waals surface area contributed by atoms with Crippen molar-refractivity contribution >= 4 is 11.6 Å². The van der Waals surface area contributed by atoms with Crippen LogP contribution in [-0.4, -0.2) is 7.05 Å². The molecule has 0 aliphatic heterocycles. The minimum Gasteiger partial charge on any atom is -0.457 e. The lowest BCUT2D eigenvalue weighted by atomic mass is 10.1. The van der Waals surface area contributed by atoms with Gasteiger partial charge >= 0.3 is 6.18 Å². The van der Waals surface area contributed by atoms with Crippen LogP contribution in [0.25, 0.3) is 0 Å². The molecule has 0 unspecified atom stereocenters. The smallest absolute Gasteiger partial charge is 0.416 e. The van der Waals surface area contributed by atoms with Crippen LogP contribution in [0.3, 0.4) is 0 Å². The van der Waals surface area contributed by atoms with Gasteiger partial charge in [-0.25, -0.2) is 0 Å². The van der Waals surface area contributed by atoms with Crippen molar-refractivity contribution in [2.45, 2.75) is 12.7 Å². The summed E-state index contributed by atoms with van der Waals surface area (Å²) >= 11 is 5.74. The zero-order valence-corrected chi connectivity index (χ0v) is 11.9. The van der Waals surface area contributed by atoms with E-state index in [1.54, 1.807) is 31.3 Å². The fourth-order valence-electron chi connectivity index (χ4n) is 1.87. The van der Waals surface area contributed by atoms with Crippen LogP contribution in [0.1, 0.15) is 11.1 Å². The monoisotopic (exact) mass is 315 g/mol. The Hall–Kier alpha value is -1.72. The van der Waals surface area contributed by atoms with E-state index in [4.69, 9.17) is 16.3 Å². The first-order valence-electron chi connectivity index (χ1n) is 6.18. The van der Waals surface area contributed by atoms with Crippen LogP contribution < -0.4 is 10.1 Å². The first-order valence-corrected chi connectivity index (χ1v) is 6.56. The lowest BCUT2D eigenvalue weighted by Gasteiger charge is -2.15. The van der Waals surface area contributed by atoms with E-state index in [1.807, 2.05) is 0 Å². The highest BCUT2D eigenvalue weighted by Crippen LogP contribution is 2.35. The van der Waals surface area contributed by atoms with Crippen molar-refractivity contribution in [2.24, 2.45) is 0 Å². The Labute approximate surface area is 125 Å². The molecule has 0 bridgehead atoms. The van der Waals surface area contributed by atoms with E-state index >= 15 is 0 Å². The van der Waals surface area contributed by atoms with Gasteiger partial charge in [-0.15, -0.1) is 0 Å². The number of hydrogen-bond acceptors (Lipinski definition) is 2. The zero-order chi connectivity index (χ0) is 15.5. The summed E-state index contributed by atoms with van der Waals surface area (Å²) in [6, 6.07) is 10.3. The molecule has 0 radical (unpaired) electrons. The van der Waals surface area contributed by atoms with E-state index in [9.17, 15) is 13.2 Å². The SMILES string of the molecule is CNCc1ccc(Oc2ccc(Cl)cc2)cc1C(F)(F)F.